The largest absolute Gasteiger partial charge is 0.480 e. The fourth-order valence-corrected chi connectivity index (χ4v) is 4.11. The molecule has 1 amide bonds. The Morgan fingerprint density at radius 3 is 2.12 bits per heavy atom. The third kappa shape index (κ3) is 4.97. The maximum Gasteiger partial charge on any atom is 0.407 e. The normalized spacial score (nSPS) is 12.7. The number of carbonyl (C=O) groups is 2. The summed E-state index contributed by atoms with van der Waals surface area (Å²) in [7, 11) is 0. The van der Waals surface area contributed by atoms with Gasteiger partial charge in [-0.25, -0.2) is 9.59 Å². The minimum atomic E-state index is -1.15. The van der Waals surface area contributed by atoms with Crippen molar-refractivity contribution in [3.8, 4) is 11.1 Å². The number of amides is 1. The zero-order valence-electron chi connectivity index (χ0n) is 17.7. The van der Waals surface area contributed by atoms with Gasteiger partial charge in [0.15, 0.2) is 0 Å². The highest BCUT2D eigenvalue weighted by Gasteiger charge is 2.29. The van der Waals surface area contributed by atoms with E-state index < -0.39 is 18.1 Å². The van der Waals surface area contributed by atoms with Gasteiger partial charge in [-0.2, -0.15) is 0 Å². The van der Waals surface area contributed by atoms with Crippen molar-refractivity contribution in [3.63, 3.8) is 0 Å². The van der Waals surface area contributed by atoms with Crippen molar-refractivity contribution < 1.29 is 19.4 Å². The number of aliphatic carboxylic acids is 1. The number of benzene rings is 3. The highest BCUT2D eigenvalue weighted by atomic mass is 16.5. The van der Waals surface area contributed by atoms with Gasteiger partial charge in [-0.05, 0) is 38.9 Å². The van der Waals surface area contributed by atoms with Crippen molar-refractivity contribution in [3.05, 3.63) is 105 Å². The van der Waals surface area contributed by atoms with Crippen molar-refractivity contribution in [2.24, 2.45) is 5.11 Å². The van der Waals surface area contributed by atoms with Crippen molar-refractivity contribution >= 4 is 12.1 Å². The molecule has 33 heavy (non-hydrogen) atoms. The van der Waals surface area contributed by atoms with Gasteiger partial charge in [0, 0.05) is 17.3 Å². The quantitative estimate of drug-likeness (QED) is 0.288. The van der Waals surface area contributed by atoms with Gasteiger partial charge in [0.2, 0.25) is 0 Å². The third-order valence-electron chi connectivity index (χ3n) is 5.71. The molecular formula is C25H22N4O4. The number of fused-ring (bicyclic) bond motifs is 3. The molecule has 4 rings (SSSR count). The molecule has 0 fully saturated rings. The standard InChI is InChI=1S/C25H22N4O4/c26-29-27-14-17-11-9-16(10-12-17)13-23(24(30)31)28-25(32)33-15-22-20-7-3-1-5-18(20)19-6-2-4-8-21(19)22/h1-12,22-23H,13-15H2,(H,28,32)(H,30,31). The highest BCUT2D eigenvalue weighted by Crippen LogP contribution is 2.44. The van der Waals surface area contributed by atoms with Gasteiger partial charge in [-0.3, -0.25) is 0 Å². The number of hydrogen-bond acceptors (Lipinski definition) is 4. The van der Waals surface area contributed by atoms with Crippen LogP contribution in [0.4, 0.5) is 4.79 Å². The Kier molecular flexibility index (Phi) is 6.57. The molecule has 8 nitrogen and oxygen atoms in total. The zero-order chi connectivity index (χ0) is 23.2. The lowest BCUT2D eigenvalue weighted by molar-refractivity contribution is -0.139. The molecule has 1 atom stereocenters. The van der Waals surface area contributed by atoms with Crippen LogP contribution in [0.15, 0.2) is 77.9 Å². The molecule has 0 heterocycles. The number of carbonyl (C=O) groups excluding carboxylic acids is 1. The Morgan fingerprint density at radius 1 is 0.970 bits per heavy atom. The van der Waals surface area contributed by atoms with E-state index in [1.807, 2.05) is 48.5 Å². The number of nitrogens with one attached hydrogen (secondary N) is 1. The molecule has 3 aromatic rings. The van der Waals surface area contributed by atoms with E-state index in [1.54, 1.807) is 24.3 Å². The van der Waals surface area contributed by atoms with Crippen LogP contribution >= 0.6 is 0 Å². The average Bonchev–Trinajstić information content (AvgIpc) is 3.15. The second-order valence-corrected chi connectivity index (χ2v) is 7.77. The number of azide groups is 1. The molecule has 1 unspecified atom stereocenters. The van der Waals surface area contributed by atoms with Crippen LogP contribution in [0, 0.1) is 0 Å². The second kappa shape index (κ2) is 9.89. The van der Waals surface area contributed by atoms with Gasteiger partial charge < -0.3 is 15.2 Å². The molecule has 0 saturated carbocycles. The first-order valence-corrected chi connectivity index (χ1v) is 10.5. The van der Waals surface area contributed by atoms with E-state index in [4.69, 9.17) is 10.3 Å². The van der Waals surface area contributed by atoms with Crippen LogP contribution in [0.1, 0.15) is 28.2 Å². The summed E-state index contributed by atoms with van der Waals surface area (Å²) in [6, 6.07) is 21.9. The first-order chi connectivity index (χ1) is 16.1. The first kappa shape index (κ1) is 21.9. The maximum atomic E-state index is 12.5. The fraction of sp³-hybridized carbons (Fsp3) is 0.200. The summed E-state index contributed by atoms with van der Waals surface area (Å²) < 4.78 is 5.46. The lowest BCUT2D eigenvalue weighted by atomic mass is 9.98. The second-order valence-electron chi connectivity index (χ2n) is 7.77. The molecule has 0 aromatic heterocycles. The molecule has 1 aliphatic carbocycles. The number of carboxylic acids is 1. The van der Waals surface area contributed by atoms with Crippen LogP contribution in [-0.2, 0) is 22.5 Å². The molecule has 0 radical (unpaired) electrons. The van der Waals surface area contributed by atoms with Crippen LogP contribution in [0.2, 0.25) is 0 Å². The van der Waals surface area contributed by atoms with E-state index in [-0.39, 0.29) is 25.5 Å². The summed E-state index contributed by atoms with van der Waals surface area (Å²) in [5.41, 5.74) is 14.3. The average molecular weight is 442 g/mol. The number of carboxylic acid groups (broad SMARTS) is 1. The topological polar surface area (TPSA) is 124 Å². The van der Waals surface area contributed by atoms with Crippen LogP contribution in [-0.4, -0.2) is 29.8 Å². The SMILES string of the molecule is [N-]=[N+]=NCc1ccc(CC(NC(=O)OCC2c3ccccc3-c3ccccc32)C(=O)O)cc1. The number of nitrogens with zero attached hydrogens (tertiary/aromatic N) is 3. The van der Waals surface area contributed by atoms with Crippen molar-refractivity contribution in [1.29, 1.82) is 0 Å². The maximum absolute atomic E-state index is 12.5. The summed E-state index contributed by atoms with van der Waals surface area (Å²) in [6.07, 6.45) is -0.675. The number of rotatable bonds is 8. The summed E-state index contributed by atoms with van der Waals surface area (Å²) >= 11 is 0. The predicted octanol–water partition coefficient (Wildman–Crippen LogP) is 5.03. The van der Waals surface area contributed by atoms with Gasteiger partial charge in [0.05, 0.1) is 6.54 Å². The van der Waals surface area contributed by atoms with Gasteiger partial charge in [-0.1, -0.05) is 77.9 Å². The van der Waals surface area contributed by atoms with Crippen molar-refractivity contribution in [1.82, 2.24) is 5.32 Å². The van der Waals surface area contributed by atoms with Crippen LogP contribution in [0.5, 0.6) is 0 Å². The van der Waals surface area contributed by atoms with E-state index >= 15 is 0 Å². The lowest BCUT2D eigenvalue weighted by Crippen LogP contribution is -2.42. The molecular weight excluding hydrogens is 420 g/mol. The van der Waals surface area contributed by atoms with E-state index in [0.29, 0.717) is 0 Å². The molecule has 0 aliphatic heterocycles. The summed E-state index contributed by atoms with van der Waals surface area (Å²) in [5.74, 6) is -1.25. The molecule has 8 heteroatoms. The third-order valence-corrected chi connectivity index (χ3v) is 5.71. The van der Waals surface area contributed by atoms with Gasteiger partial charge in [0.25, 0.3) is 0 Å². The molecule has 0 saturated heterocycles. The van der Waals surface area contributed by atoms with Crippen LogP contribution < -0.4 is 5.32 Å². The smallest absolute Gasteiger partial charge is 0.407 e. The van der Waals surface area contributed by atoms with Crippen molar-refractivity contribution in [2.45, 2.75) is 24.9 Å². The molecule has 2 N–H and O–H groups in total. The van der Waals surface area contributed by atoms with E-state index in [1.165, 1.54) is 0 Å². The molecule has 1 aliphatic rings. The van der Waals surface area contributed by atoms with Crippen molar-refractivity contribution in [2.75, 3.05) is 6.61 Å². The zero-order valence-corrected chi connectivity index (χ0v) is 17.7. The number of ether oxygens (including phenoxy) is 1. The Morgan fingerprint density at radius 2 is 1.55 bits per heavy atom. The molecule has 3 aromatic carbocycles. The van der Waals surface area contributed by atoms with Crippen LogP contribution in [0.3, 0.4) is 0 Å². The summed E-state index contributed by atoms with van der Waals surface area (Å²) in [5, 5.41) is 15.5. The monoisotopic (exact) mass is 442 g/mol. The summed E-state index contributed by atoms with van der Waals surface area (Å²) in [6.45, 7) is 0.331. The molecule has 0 spiro atoms. The highest BCUT2D eigenvalue weighted by molar-refractivity contribution is 5.81. The Balaban J connectivity index is 1.39. The minimum absolute atomic E-state index is 0.0985. The van der Waals surface area contributed by atoms with E-state index in [9.17, 15) is 14.7 Å². The number of alkyl carbamates (subject to hydrolysis) is 1. The lowest BCUT2D eigenvalue weighted by Gasteiger charge is -2.17. The Bertz CT molecular complexity index is 1170. The fourth-order valence-electron chi connectivity index (χ4n) is 4.11. The number of hydrogen-bond donors (Lipinski definition) is 2. The van der Waals surface area contributed by atoms with E-state index in [2.05, 4.69) is 15.3 Å². The van der Waals surface area contributed by atoms with Gasteiger partial charge in [0.1, 0.15) is 12.6 Å². The Hall–Kier alpha value is -4.29. The van der Waals surface area contributed by atoms with Gasteiger partial charge in [-0.15, -0.1) is 0 Å². The van der Waals surface area contributed by atoms with Crippen LogP contribution in [0.25, 0.3) is 21.6 Å². The molecule has 0 bridgehead atoms. The molecule has 166 valence electrons. The van der Waals surface area contributed by atoms with E-state index in [0.717, 1.165) is 33.4 Å². The minimum Gasteiger partial charge on any atom is -0.480 e. The predicted molar refractivity (Wildman–Crippen MR) is 123 cm³/mol. The van der Waals surface area contributed by atoms with Gasteiger partial charge >= 0.3 is 12.1 Å². The Labute approximate surface area is 190 Å². The summed E-state index contributed by atoms with van der Waals surface area (Å²) in [4.78, 5) is 26.9. The first-order valence-electron chi connectivity index (χ1n) is 10.5.